The molecule has 0 unspecified atom stereocenters. The van der Waals surface area contributed by atoms with E-state index >= 15 is 0 Å². The molecule has 4 rings (SSSR count). The summed E-state index contributed by atoms with van der Waals surface area (Å²) in [5, 5.41) is 2.62. The zero-order valence-corrected chi connectivity index (χ0v) is 16.0. The Labute approximate surface area is 174 Å². The Balaban J connectivity index is 1.70. The van der Waals surface area contributed by atoms with Gasteiger partial charge < -0.3 is 4.57 Å². The lowest BCUT2D eigenvalue weighted by Gasteiger charge is -2.11. The number of nitrogens with zero attached hydrogens (tertiary/aromatic N) is 3. The van der Waals surface area contributed by atoms with Crippen molar-refractivity contribution < 1.29 is 22.4 Å². The molecular weight excluding hydrogens is 412 g/mol. The van der Waals surface area contributed by atoms with Gasteiger partial charge in [-0.2, -0.15) is 13.2 Å². The van der Waals surface area contributed by atoms with Crippen molar-refractivity contribution in [1.82, 2.24) is 14.5 Å². The largest absolute Gasteiger partial charge is 0.416 e. The van der Waals surface area contributed by atoms with E-state index in [2.05, 4.69) is 15.3 Å². The van der Waals surface area contributed by atoms with Crippen molar-refractivity contribution >= 4 is 22.9 Å². The molecule has 0 aliphatic rings. The third kappa shape index (κ3) is 4.55. The number of anilines is 1. The Morgan fingerprint density at radius 2 is 1.81 bits per heavy atom. The molecule has 9 heteroatoms. The van der Waals surface area contributed by atoms with Gasteiger partial charge in [-0.3, -0.25) is 15.1 Å². The Hall–Kier alpha value is -3.75. The van der Waals surface area contributed by atoms with Gasteiger partial charge in [0.25, 0.3) is 5.91 Å². The smallest absolute Gasteiger partial charge is 0.310 e. The number of carbonyl (C=O) groups excluding carboxylic acids is 1. The minimum Gasteiger partial charge on any atom is -0.310 e. The van der Waals surface area contributed by atoms with Crippen LogP contribution in [0.4, 0.5) is 23.5 Å². The van der Waals surface area contributed by atoms with Crippen molar-refractivity contribution in [2.24, 2.45) is 0 Å². The van der Waals surface area contributed by atoms with Crippen LogP contribution >= 0.6 is 0 Å². The van der Waals surface area contributed by atoms with Gasteiger partial charge in [0, 0.05) is 30.4 Å². The number of fused-ring (bicyclic) bond motifs is 1. The number of imidazole rings is 1. The van der Waals surface area contributed by atoms with Crippen molar-refractivity contribution in [3.05, 3.63) is 89.5 Å². The summed E-state index contributed by atoms with van der Waals surface area (Å²) < 4.78 is 54.1. The molecule has 1 amide bonds. The minimum absolute atomic E-state index is 0.0968. The van der Waals surface area contributed by atoms with Gasteiger partial charge >= 0.3 is 6.18 Å². The van der Waals surface area contributed by atoms with Crippen LogP contribution in [0.1, 0.15) is 21.6 Å². The van der Waals surface area contributed by atoms with E-state index in [-0.39, 0.29) is 17.0 Å². The van der Waals surface area contributed by atoms with Crippen LogP contribution in [0.25, 0.3) is 11.0 Å². The van der Waals surface area contributed by atoms with E-state index < -0.39 is 23.5 Å². The second-order valence-corrected chi connectivity index (χ2v) is 6.82. The monoisotopic (exact) mass is 428 g/mol. The summed E-state index contributed by atoms with van der Waals surface area (Å²) in [5.74, 6) is -0.941. The Morgan fingerprint density at radius 3 is 2.48 bits per heavy atom. The molecule has 0 radical (unpaired) electrons. The maximum atomic E-state index is 13.1. The van der Waals surface area contributed by atoms with Crippen LogP contribution in [-0.4, -0.2) is 20.4 Å². The van der Waals surface area contributed by atoms with E-state index in [0.717, 1.165) is 30.0 Å². The number of rotatable bonds is 5. The fourth-order valence-electron chi connectivity index (χ4n) is 3.18. The molecule has 2 heterocycles. The van der Waals surface area contributed by atoms with Gasteiger partial charge in [-0.1, -0.05) is 6.07 Å². The van der Waals surface area contributed by atoms with Crippen LogP contribution < -0.4 is 5.32 Å². The molecule has 2 aromatic heterocycles. The SMILES string of the molecule is O=C(Nc1nc2cc(C(F)(F)F)ccc2n1CCc1ccccn1)c1ccc(F)cc1. The second kappa shape index (κ2) is 8.17. The molecule has 0 fully saturated rings. The standard InChI is InChI=1S/C22H16F4N4O/c23-16-7-4-14(5-8-16)20(31)29-21-28-18-13-15(22(24,25)26)6-9-19(18)30(21)12-10-17-3-1-2-11-27-17/h1-9,11,13H,10,12H2,(H,28,29,31). The van der Waals surface area contributed by atoms with Crippen LogP contribution in [0, 0.1) is 5.82 Å². The lowest BCUT2D eigenvalue weighted by atomic mass is 10.2. The molecule has 31 heavy (non-hydrogen) atoms. The maximum absolute atomic E-state index is 13.1. The van der Waals surface area contributed by atoms with E-state index in [1.54, 1.807) is 16.8 Å². The van der Waals surface area contributed by atoms with Crippen LogP contribution in [0.5, 0.6) is 0 Å². The van der Waals surface area contributed by atoms with E-state index in [9.17, 15) is 22.4 Å². The number of hydrogen-bond donors (Lipinski definition) is 1. The number of nitrogens with one attached hydrogen (secondary N) is 1. The number of carbonyl (C=O) groups is 1. The first-order valence-corrected chi connectivity index (χ1v) is 9.35. The first kappa shape index (κ1) is 20.5. The molecule has 0 spiro atoms. The molecule has 2 aromatic carbocycles. The quantitative estimate of drug-likeness (QED) is 0.451. The molecular formula is C22H16F4N4O. The highest BCUT2D eigenvalue weighted by molar-refractivity contribution is 6.04. The average molecular weight is 428 g/mol. The summed E-state index contributed by atoms with van der Waals surface area (Å²) in [6.45, 7) is 0.331. The first-order valence-electron chi connectivity index (χ1n) is 9.35. The van der Waals surface area contributed by atoms with Gasteiger partial charge in [0.2, 0.25) is 5.95 Å². The highest BCUT2D eigenvalue weighted by atomic mass is 19.4. The van der Waals surface area contributed by atoms with Crippen LogP contribution in [-0.2, 0) is 19.1 Å². The molecule has 0 saturated carbocycles. The zero-order chi connectivity index (χ0) is 22.0. The Morgan fingerprint density at radius 1 is 1.03 bits per heavy atom. The van der Waals surface area contributed by atoms with E-state index in [4.69, 9.17) is 0 Å². The second-order valence-electron chi connectivity index (χ2n) is 6.82. The van der Waals surface area contributed by atoms with Gasteiger partial charge in [0.1, 0.15) is 5.82 Å². The van der Waals surface area contributed by atoms with Gasteiger partial charge in [0.05, 0.1) is 16.6 Å². The van der Waals surface area contributed by atoms with E-state index in [1.807, 2.05) is 12.1 Å². The number of benzene rings is 2. The predicted octanol–water partition coefficient (Wildman–Crippen LogP) is 5.08. The minimum atomic E-state index is -4.51. The molecule has 0 aliphatic heterocycles. The van der Waals surface area contributed by atoms with E-state index in [0.29, 0.717) is 18.5 Å². The molecule has 5 nitrogen and oxygen atoms in total. The van der Waals surface area contributed by atoms with Gasteiger partial charge in [-0.15, -0.1) is 0 Å². The molecule has 0 aliphatic carbocycles. The van der Waals surface area contributed by atoms with Crippen molar-refractivity contribution in [2.75, 3.05) is 5.32 Å². The third-order valence-electron chi connectivity index (χ3n) is 4.73. The number of aryl methyl sites for hydroxylation is 2. The number of alkyl halides is 3. The van der Waals surface area contributed by atoms with E-state index in [1.165, 1.54) is 18.2 Å². The van der Waals surface area contributed by atoms with Gasteiger partial charge in [-0.05, 0) is 54.6 Å². The van der Waals surface area contributed by atoms with Crippen molar-refractivity contribution in [1.29, 1.82) is 0 Å². The fraction of sp³-hybridized carbons (Fsp3) is 0.136. The molecule has 0 saturated heterocycles. The predicted molar refractivity (Wildman–Crippen MR) is 107 cm³/mol. The molecule has 0 bridgehead atoms. The maximum Gasteiger partial charge on any atom is 0.416 e. The highest BCUT2D eigenvalue weighted by Crippen LogP contribution is 2.32. The van der Waals surface area contributed by atoms with Crippen molar-refractivity contribution in [3.8, 4) is 0 Å². The van der Waals surface area contributed by atoms with Crippen molar-refractivity contribution in [3.63, 3.8) is 0 Å². The Kier molecular flexibility index (Phi) is 5.41. The van der Waals surface area contributed by atoms with Crippen LogP contribution in [0.3, 0.4) is 0 Å². The topological polar surface area (TPSA) is 59.8 Å². The lowest BCUT2D eigenvalue weighted by molar-refractivity contribution is -0.137. The van der Waals surface area contributed by atoms with Crippen LogP contribution in [0.2, 0.25) is 0 Å². The number of amides is 1. The van der Waals surface area contributed by atoms with Gasteiger partial charge in [0.15, 0.2) is 0 Å². The summed E-state index contributed by atoms with van der Waals surface area (Å²) in [4.78, 5) is 21.0. The van der Waals surface area contributed by atoms with Gasteiger partial charge in [-0.25, -0.2) is 9.37 Å². The zero-order valence-electron chi connectivity index (χ0n) is 16.0. The highest BCUT2D eigenvalue weighted by Gasteiger charge is 2.31. The van der Waals surface area contributed by atoms with Crippen molar-refractivity contribution in [2.45, 2.75) is 19.1 Å². The Bertz CT molecular complexity index is 1220. The summed E-state index contributed by atoms with van der Waals surface area (Å²) in [7, 11) is 0. The summed E-state index contributed by atoms with van der Waals surface area (Å²) in [6, 6.07) is 13.6. The van der Waals surface area contributed by atoms with Crippen LogP contribution in [0.15, 0.2) is 66.9 Å². The number of halogens is 4. The average Bonchev–Trinajstić information content (AvgIpc) is 3.09. The molecule has 1 N–H and O–H groups in total. The number of pyridine rings is 1. The molecule has 158 valence electrons. The molecule has 0 atom stereocenters. The number of aromatic nitrogens is 3. The fourth-order valence-corrected chi connectivity index (χ4v) is 3.18. The normalized spacial score (nSPS) is 11.6. The summed E-state index contributed by atoms with van der Waals surface area (Å²) in [6.07, 6.45) is -2.38. The third-order valence-corrected chi connectivity index (χ3v) is 4.73. The first-order chi connectivity index (χ1) is 14.8. The lowest BCUT2D eigenvalue weighted by Crippen LogP contribution is -2.16. The molecule has 4 aromatic rings. The number of hydrogen-bond acceptors (Lipinski definition) is 3. The summed E-state index contributed by atoms with van der Waals surface area (Å²) in [5.41, 5.74) is 0.696. The summed E-state index contributed by atoms with van der Waals surface area (Å²) >= 11 is 0.